The summed E-state index contributed by atoms with van der Waals surface area (Å²) < 4.78 is 4.76. The third-order valence-corrected chi connectivity index (χ3v) is 19.0. The van der Waals surface area contributed by atoms with E-state index in [1.807, 2.05) is 22.7 Å². The number of hydrogen-bond acceptors (Lipinski definition) is 4. The van der Waals surface area contributed by atoms with Crippen LogP contribution in [-0.2, 0) is 0 Å². The zero-order valence-electron chi connectivity index (χ0n) is 46.8. The van der Waals surface area contributed by atoms with Gasteiger partial charge in [0.15, 0.2) is 0 Å². The molecule has 6 heteroatoms. The molecule has 0 fully saturated rings. The van der Waals surface area contributed by atoms with E-state index in [9.17, 15) is 0 Å². The van der Waals surface area contributed by atoms with Gasteiger partial charge in [-0.15, -0.1) is 22.7 Å². The predicted molar refractivity (Wildman–Crippen MR) is 367 cm³/mol. The molecule has 16 rings (SSSR count). The van der Waals surface area contributed by atoms with Crippen LogP contribution in [0.1, 0.15) is 0 Å². The van der Waals surface area contributed by atoms with Crippen molar-refractivity contribution >= 4 is 100 Å². The molecule has 0 radical (unpaired) electrons. The molecule has 4 heterocycles. The van der Waals surface area contributed by atoms with Crippen LogP contribution in [0.15, 0.2) is 328 Å². The number of anilines is 6. The number of hydrogen-bond donors (Lipinski definition) is 0. The minimum atomic E-state index is 1.07. The number of thiophene rings is 2. The molecule has 0 atom stereocenters. The lowest BCUT2D eigenvalue weighted by molar-refractivity contribution is 1.17. The summed E-state index contributed by atoms with van der Waals surface area (Å²) in [6, 6.07) is 119. The highest BCUT2D eigenvalue weighted by Gasteiger charge is 2.20. The van der Waals surface area contributed by atoms with Crippen LogP contribution in [0.5, 0.6) is 0 Å². The molecule has 4 nitrogen and oxygen atoms in total. The van der Waals surface area contributed by atoms with Crippen molar-refractivity contribution in [3.63, 3.8) is 0 Å². The van der Waals surface area contributed by atoms with E-state index in [4.69, 9.17) is 0 Å². The molecule has 0 aliphatic carbocycles. The largest absolute Gasteiger partial charge is 0.311 e. The molecule has 0 aliphatic heterocycles. The first kappa shape index (κ1) is 50.9. The average molecular weight is 1140 g/mol. The summed E-state index contributed by atoms with van der Waals surface area (Å²) in [5.74, 6) is 0. The van der Waals surface area contributed by atoms with Crippen LogP contribution in [0, 0.1) is 0 Å². The highest BCUT2D eigenvalue weighted by atomic mass is 32.1. The normalized spacial score (nSPS) is 11.5. The molecule has 16 aromatic rings. The van der Waals surface area contributed by atoms with Crippen molar-refractivity contribution in [1.82, 2.24) is 9.13 Å². The van der Waals surface area contributed by atoms with Gasteiger partial charge in [0.1, 0.15) is 0 Å². The van der Waals surface area contributed by atoms with Crippen molar-refractivity contribution in [1.29, 1.82) is 0 Å². The van der Waals surface area contributed by atoms with Crippen LogP contribution >= 0.6 is 22.7 Å². The lowest BCUT2D eigenvalue weighted by atomic mass is 10.0. The molecule has 0 unspecified atom stereocenters. The summed E-state index contributed by atoms with van der Waals surface area (Å²) in [4.78, 5) is 9.75. The van der Waals surface area contributed by atoms with Crippen molar-refractivity contribution in [3.05, 3.63) is 328 Å². The average Bonchev–Trinajstić information content (AvgIpc) is 2.35. The molecule has 0 amide bonds. The first-order valence-corrected chi connectivity index (χ1v) is 30.8. The fraction of sp³-hybridized carbons (Fsp3) is 0. The van der Waals surface area contributed by atoms with Gasteiger partial charge in [0.2, 0.25) is 0 Å². The van der Waals surface area contributed by atoms with Gasteiger partial charge in [-0.05, 0) is 179 Å². The second-order valence-corrected chi connectivity index (χ2v) is 23.9. The van der Waals surface area contributed by atoms with E-state index in [1.54, 1.807) is 0 Å². The van der Waals surface area contributed by atoms with Crippen molar-refractivity contribution in [3.8, 4) is 64.3 Å². The standard InChI is InChI=1S/C80H54N4S2/c1-3-15-57(16-4-1)77-51-53-79(85-77)59-31-39-63(40-32-59)81(65-43-47-67(48-44-65)83-73-23-11-7-19-69(73)70-20-8-12-24-74(70)83)61-35-27-55(28-36-61)56-29-37-62(38-30-56)82(64-41-33-60(34-42-64)80-54-52-78(86-80)58-17-5-2-6-18-58)66-45-49-68(50-46-66)84-75-25-13-9-21-71(75)72-22-10-14-26-76(72)84/h1-54H. The Morgan fingerprint density at radius 3 is 0.686 bits per heavy atom. The van der Waals surface area contributed by atoms with Gasteiger partial charge in [0.25, 0.3) is 0 Å². The van der Waals surface area contributed by atoms with Crippen LogP contribution in [0.4, 0.5) is 34.1 Å². The Balaban J connectivity index is 0.734. The summed E-state index contributed by atoms with van der Waals surface area (Å²) in [7, 11) is 0. The second-order valence-electron chi connectivity index (χ2n) is 21.7. The number of rotatable bonds is 13. The van der Waals surface area contributed by atoms with Crippen LogP contribution in [0.3, 0.4) is 0 Å². The zero-order valence-corrected chi connectivity index (χ0v) is 48.4. The number of benzene rings is 12. The van der Waals surface area contributed by atoms with Crippen molar-refractivity contribution < 1.29 is 0 Å². The third kappa shape index (κ3) is 9.25. The molecule has 0 saturated heterocycles. The molecular formula is C80H54N4S2. The molecule has 0 N–H and O–H groups in total. The van der Waals surface area contributed by atoms with Crippen molar-refractivity contribution in [2.45, 2.75) is 0 Å². The van der Waals surface area contributed by atoms with Gasteiger partial charge < -0.3 is 18.9 Å². The summed E-state index contributed by atoms with van der Waals surface area (Å²) in [5.41, 5.74) is 20.6. The van der Waals surface area contributed by atoms with Gasteiger partial charge in [0.05, 0.1) is 22.1 Å². The molecule has 4 aromatic heterocycles. The highest BCUT2D eigenvalue weighted by Crippen LogP contribution is 2.43. The maximum Gasteiger partial charge on any atom is 0.0541 e. The minimum Gasteiger partial charge on any atom is -0.311 e. The SMILES string of the molecule is c1ccc(-c2ccc(-c3ccc(N(c4ccc(-c5ccc(N(c6ccc(-c7ccc(-c8ccccc8)s7)cc6)c6ccc(-n7c8ccccc8c8ccccc87)cc6)cc5)cc4)c4ccc(-n5c6ccccc6c6ccccc65)cc4)cc3)s2)cc1. The Morgan fingerprint density at radius 2 is 0.407 bits per heavy atom. The maximum atomic E-state index is 2.38. The minimum absolute atomic E-state index is 1.07. The molecule has 0 spiro atoms. The fourth-order valence-electron chi connectivity index (χ4n) is 12.5. The Morgan fingerprint density at radius 1 is 0.186 bits per heavy atom. The summed E-state index contributed by atoms with van der Waals surface area (Å²) in [6.07, 6.45) is 0. The van der Waals surface area contributed by atoms with Crippen molar-refractivity contribution in [2.75, 3.05) is 9.80 Å². The second kappa shape index (κ2) is 21.8. The molecule has 0 saturated carbocycles. The third-order valence-electron chi connectivity index (χ3n) is 16.6. The van der Waals surface area contributed by atoms with Crippen LogP contribution in [-0.4, -0.2) is 9.13 Å². The smallest absolute Gasteiger partial charge is 0.0541 e. The first-order chi connectivity index (χ1) is 42.6. The van der Waals surface area contributed by atoms with E-state index in [0.29, 0.717) is 0 Å². The Labute approximate surface area is 507 Å². The van der Waals surface area contributed by atoms with E-state index in [-0.39, 0.29) is 0 Å². The van der Waals surface area contributed by atoms with Gasteiger partial charge in [0, 0.05) is 86.6 Å². The monoisotopic (exact) mass is 1130 g/mol. The summed E-state index contributed by atoms with van der Waals surface area (Å²) in [6.45, 7) is 0. The lowest BCUT2D eigenvalue weighted by Crippen LogP contribution is -2.10. The Hall–Kier alpha value is -10.8. The molecule has 12 aromatic carbocycles. The number of aromatic nitrogens is 2. The highest BCUT2D eigenvalue weighted by molar-refractivity contribution is 7.19. The Bertz CT molecular complexity index is 4630. The number of para-hydroxylation sites is 4. The molecule has 86 heavy (non-hydrogen) atoms. The van der Waals surface area contributed by atoms with Crippen LogP contribution in [0.2, 0.25) is 0 Å². The molecular weight excluding hydrogens is 1080 g/mol. The van der Waals surface area contributed by atoms with Gasteiger partial charge in [-0.3, -0.25) is 0 Å². The lowest BCUT2D eigenvalue weighted by Gasteiger charge is -2.27. The van der Waals surface area contributed by atoms with Crippen LogP contribution < -0.4 is 9.80 Å². The topological polar surface area (TPSA) is 16.3 Å². The maximum absolute atomic E-state index is 2.38. The molecule has 406 valence electrons. The quantitative estimate of drug-likeness (QED) is 0.114. The molecule has 0 bridgehead atoms. The van der Waals surface area contributed by atoms with Gasteiger partial charge in [-0.1, -0.05) is 182 Å². The van der Waals surface area contributed by atoms with Crippen molar-refractivity contribution in [2.24, 2.45) is 0 Å². The van der Waals surface area contributed by atoms with E-state index < -0.39 is 0 Å². The molecule has 0 aliphatic rings. The zero-order chi connectivity index (χ0) is 56.9. The van der Waals surface area contributed by atoms with Gasteiger partial charge >= 0.3 is 0 Å². The predicted octanol–water partition coefficient (Wildman–Crippen LogP) is 23.3. The van der Waals surface area contributed by atoms with Gasteiger partial charge in [-0.2, -0.15) is 0 Å². The first-order valence-electron chi connectivity index (χ1n) is 29.1. The van der Waals surface area contributed by atoms with E-state index >= 15 is 0 Å². The van der Waals surface area contributed by atoms with Gasteiger partial charge in [-0.25, -0.2) is 0 Å². The van der Waals surface area contributed by atoms with E-state index in [1.165, 1.54) is 85.4 Å². The number of nitrogens with zero attached hydrogens (tertiary/aromatic N) is 4. The van der Waals surface area contributed by atoms with E-state index in [0.717, 1.165) is 56.6 Å². The summed E-state index contributed by atoms with van der Waals surface area (Å²) in [5, 5.41) is 5.01. The fourth-order valence-corrected chi connectivity index (χ4v) is 14.5. The van der Waals surface area contributed by atoms with Crippen LogP contribution in [0.25, 0.3) is 108 Å². The van der Waals surface area contributed by atoms with E-state index in [2.05, 4.69) is 347 Å². The summed E-state index contributed by atoms with van der Waals surface area (Å²) >= 11 is 3.66. The Kier molecular flexibility index (Phi) is 12.9. The number of fused-ring (bicyclic) bond motifs is 6.